The van der Waals surface area contributed by atoms with Crippen LogP contribution in [0.15, 0.2) is 12.1 Å². The second-order valence-electron chi connectivity index (χ2n) is 5.44. The van der Waals surface area contributed by atoms with Gasteiger partial charge < -0.3 is 15.3 Å². The number of hydrogen-bond acceptors (Lipinski definition) is 3. The van der Waals surface area contributed by atoms with Crippen LogP contribution in [0.2, 0.25) is 0 Å². The standard InChI is InChI=1S/C15H19F3N2O2/c16-11-4-5-12(17)14(18)13(11)15(22)19-8-10(21)9-20-6-2-1-3-7-20/h4-5,10,21H,1-3,6-9H2,(H,19,22)/t10-/m0/s1. The fourth-order valence-electron chi connectivity index (χ4n) is 2.54. The Hall–Kier alpha value is -1.60. The average molecular weight is 316 g/mol. The normalized spacial score (nSPS) is 17.3. The third kappa shape index (κ3) is 4.20. The lowest BCUT2D eigenvalue weighted by Gasteiger charge is -2.28. The molecule has 2 N–H and O–H groups in total. The van der Waals surface area contributed by atoms with Crippen LogP contribution in [0.3, 0.4) is 0 Å². The van der Waals surface area contributed by atoms with Gasteiger partial charge in [0.2, 0.25) is 0 Å². The van der Waals surface area contributed by atoms with Crippen LogP contribution in [0.5, 0.6) is 0 Å². The van der Waals surface area contributed by atoms with Gasteiger partial charge >= 0.3 is 0 Å². The molecule has 0 radical (unpaired) electrons. The summed E-state index contributed by atoms with van der Waals surface area (Å²) in [4.78, 5) is 13.8. The molecule has 4 nitrogen and oxygen atoms in total. The number of nitrogens with zero attached hydrogens (tertiary/aromatic N) is 1. The van der Waals surface area contributed by atoms with Crippen molar-refractivity contribution in [2.24, 2.45) is 0 Å². The highest BCUT2D eigenvalue weighted by Crippen LogP contribution is 2.15. The minimum Gasteiger partial charge on any atom is -0.390 e. The number of benzene rings is 1. The molecule has 1 aliphatic heterocycles. The Morgan fingerprint density at radius 3 is 2.50 bits per heavy atom. The fraction of sp³-hybridized carbons (Fsp3) is 0.533. The van der Waals surface area contributed by atoms with E-state index in [9.17, 15) is 23.1 Å². The van der Waals surface area contributed by atoms with Crippen molar-refractivity contribution < 1.29 is 23.1 Å². The smallest absolute Gasteiger partial charge is 0.257 e. The molecule has 0 aliphatic carbocycles. The van der Waals surface area contributed by atoms with Crippen molar-refractivity contribution in [2.75, 3.05) is 26.2 Å². The maximum atomic E-state index is 13.5. The molecule has 7 heteroatoms. The quantitative estimate of drug-likeness (QED) is 0.813. The summed E-state index contributed by atoms with van der Waals surface area (Å²) in [7, 11) is 0. The zero-order chi connectivity index (χ0) is 16.1. The zero-order valence-electron chi connectivity index (χ0n) is 12.1. The monoisotopic (exact) mass is 316 g/mol. The van der Waals surface area contributed by atoms with E-state index in [2.05, 4.69) is 10.2 Å². The molecule has 0 spiro atoms. The number of aliphatic hydroxyl groups is 1. The van der Waals surface area contributed by atoms with Crippen LogP contribution < -0.4 is 5.32 Å². The molecule has 1 aromatic rings. The van der Waals surface area contributed by atoms with E-state index in [0.717, 1.165) is 25.9 Å². The number of aliphatic hydroxyl groups excluding tert-OH is 1. The first-order valence-corrected chi connectivity index (χ1v) is 7.31. The van der Waals surface area contributed by atoms with Crippen LogP contribution in [0.1, 0.15) is 29.6 Å². The minimum absolute atomic E-state index is 0.148. The van der Waals surface area contributed by atoms with Crippen molar-refractivity contribution in [2.45, 2.75) is 25.4 Å². The first-order chi connectivity index (χ1) is 10.5. The molecule has 2 rings (SSSR count). The van der Waals surface area contributed by atoms with Crippen LogP contribution in [0.25, 0.3) is 0 Å². The third-order valence-electron chi connectivity index (χ3n) is 3.69. The number of hydrogen-bond donors (Lipinski definition) is 2. The van der Waals surface area contributed by atoms with Crippen molar-refractivity contribution in [1.82, 2.24) is 10.2 Å². The van der Waals surface area contributed by atoms with Crippen molar-refractivity contribution in [3.05, 3.63) is 35.1 Å². The molecule has 22 heavy (non-hydrogen) atoms. The number of carbonyl (C=O) groups is 1. The first-order valence-electron chi connectivity index (χ1n) is 7.31. The second-order valence-corrected chi connectivity index (χ2v) is 5.44. The van der Waals surface area contributed by atoms with Gasteiger partial charge in [-0.05, 0) is 38.1 Å². The Labute approximate surface area is 126 Å². The molecular formula is C15H19F3N2O2. The summed E-state index contributed by atoms with van der Waals surface area (Å²) in [5.74, 6) is -5.03. The molecule has 122 valence electrons. The number of rotatable bonds is 5. The topological polar surface area (TPSA) is 52.6 Å². The van der Waals surface area contributed by atoms with Gasteiger partial charge in [0.05, 0.1) is 6.10 Å². The second kappa shape index (κ2) is 7.60. The van der Waals surface area contributed by atoms with Gasteiger partial charge in [-0.15, -0.1) is 0 Å². The SMILES string of the molecule is O=C(NC[C@H](O)CN1CCCCC1)c1c(F)ccc(F)c1F. The van der Waals surface area contributed by atoms with E-state index in [-0.39, 0.29) is 6.54 Å². The van der Waals surface area contributed by atoms with Crippen molar-refractivity contribution in [1.29, 1.82) is 0 Å². The molecule has 1 aliphatic rings. The van der Waals surface area contributed by atoms with Crippen LogP contribution in [-0.2, 0) is 0 Å². The van der Waals surface area contributed by atoms with Crippen LogP contribution in [0, 0.1) is 17.5 Å². The summed E-state index contributed by atoms with van der Waals surface area (Å²) in [6.45, 7) is 2.01. The molecule has 0 unspecified atom stereocenters. The van der Waals surface area contributed by atoms with Gasteiger partial charge in [-0.3, -0.25) is 4.79 Å². The summed E-state index contributed by atoms with van der Waals surface area (Å²) in [6.07, 6.45) is 2.46. The first kappa shape index (κ1) is 16.8. The number of β-amino-alcohol motifs (C(OH)–C–C–N with tert-alkyl or cyclic N) is 1. The lowest BCUT2D eigenvalue weighted by Crippen LogP contribution is -2.42. The number of piperidine rings is 1. The van der Waals surface area contributed by atoms with E-state index >= 15 is 0 Å². The van der Waals surface area contributed by atoms with Gasteiger partial charge in [0.1, 0.15) is 11.4 Å². The van der Waals surface area contributed by atoms with Crippen molar-refractivity contribution >= 4 is 5.91 Å². The Balaban J connectivity index is 1.88. The molecule has 1 amide bonds. The molecule has 0 saturated carbocycles. The highest BCUT2D eigenvalue weighted by molar-refractivity contribution is 5.94. The highest BCUT2D eigenvalue weighted by atomic mass is 19.2. The summed E-state index contributed by atoms with van der Waals surface area (Å²) >= 11 is 0. The molecule has 1 saturated heterocycles. The molecule has 1 aromatic carbocycles. The predicted octanol–water partition coefficient (Wildman–Crippen LogP) is 1.68. The van der Waals surface area contributed by atoms with Gasteiger partial charge in [0.25, 0.3) is 5.91 Å². The van der Waals surface area contributed by atoms with Crippen molar-refractivity contribution in [3.8, 4) is 0 Å². The average Bonchev–Trinajstić information content (AvgIpc) is 2.50. The number of nitrogens with one attached hydrogen (secondary N) is 1. The van der Waals surface area contributed by atoms with E-state index in [1.807, 2.05) is 0 Å². The third-order valence-corrected chi connectivity index (χ3v) is 3.69. The summed E-state index contributed by atoms with van der Waals surface area (Å²) < 4.78 is 40.0. The molecule has 1 atom stereocenters. The fourth-order valence-corrected chi connectivity index (χ4v) is 2.54. The van der Waals surface area contributed by atoms with Crippen LogP contribution >= 0.6 is 0 Å². The molecule has 0 aromatic heterocycles. The van der Waals surface area contributed by atoms with E-state index in [0.29, 0.717) is 18.7 Å². The minimum atomic E-state index is -1.52. The highest BCUT2D eigenvalue weighted by Gasteiger charge is 2.22. The predicted molar refractivity (Wildman–Crippen MR) is 74.9 cm³/mol. The molecule has 0 bridgehead atoms. The van der Waals surface area contributed by atoms with E-state index < -0.39 is 35.0 Å². The van der Waals surface area contributed by atoms with Gasteiger partial charge in [-0.25, -0.2) is 13.2 Å². The Morgan fingerprint density at radius 2 is 1.82 bits per heavy atom. The number of amides is 1. The van der Waals surface area contributed by atoms with Crippen LogP contribution in [0.4, 0.5) is 13.2 Å². The van der Waals surface area contributed by atoms with Gasteiger partial charge in [0.15, 0.2) is 11.6 Å². The van der Waals surface area contributed by atoms with E-state index in [1.165, 1.54) is 6.42 Å². The number of carbonyl (C=O) groups excluding carboxylic acids is 1. The van der Waals surface area contributed by atoms with E-state index in [4.69, 9.17) is 0 Å². The van der Waals surface area contributed by atoms with Crippen molar-refractivity contribution in [3.63, 3.8) is 0 Å². The largest absolute Gasteiger partial charge is 0.390 e. The van der Waals surface area contributed by atoms with Crippen LogP contribution in [-0.4, -0.2) is 48.2 Å². The summed E-state index contributed by atoms with van der Waals surface area (Å²) in [5.41, 5.74) is -0.967. The van der Waals surface area contributed by atoms with E-state index in [1.54, 1.807) is 0 Å². The summed E-state index contributed by atoms with van der Waals surface area (Å²) in [5, 5.41) is 12.1. The van der Waals surface area contributed by atoms with Gasteiger partial charge in [-0.1, -0.05) is 6.42 Å². The Bertz CT molecular complexity index is 534. The Morgan fingerprint density at radius 1 is 1.18 bits per heavy atom. The zero-order valence-corrected chi connectivity index (χ0v) is 12.1. The van der Waals surface area contributed by atoms with Gasteiger partial charge in [-0.2, -0.15) is 0 Å². The maximum absolute atomic E-state index is 13.5. The molecular weight excluding hydrogens is 297 g/mol. The molecule has 1 fully saturated rings. The lowest BCUT2D eigenvalue weighted by molar-refractivity contribution is 0.0824. The Kier molecular flexibility index (Phi) is 5.79. The van der Waals surface area contributed by atoms with Gasteiger partial charge in [0, 0.05) is 13.1 Å². The lowest BCUT2D eigenvalue weighted by atomic mass is 10.1. The number of halogens is 3. The summed E-state index contributed by atoms with van der Waals surface area (Å²) in [6, 6.07) is 1.31. The molecule has 1 heterocycles. The number of likely N-dealkylation sites (tertiary alicyclic amines) is 1. The maximum Gasteiger partial charge on any atom is 0.257 e.